The van der Waals surface area contributed by atoms with E-state index in [1.54, 1.807) is 14.2 Å². The van der Waals surface area contributed by atoms with Crippen LogP contribution in [0.15, 0.2) is 72.8 Å². The van der Waals surface area contributed by atoms with Gasteiger partial charge >= 0.3 is 0 Å². The molecule has 0 aliphatic carbocycles. The highest BCUT2D eigenvalue weighted by atomic mass is 16.5. The van der Waals surface area contributed by atoms with Gasteiger partial charge in [-0.05, 0) is 46.5 Å². The van der Waals surface area contributed by atoms with Crippen molar-refractivity contribution in [3.63, 3.8) is 0 Å². The summed E-state index contributed by atoms with van der Waals surface area (Å²) < 4.78 is 10.6. The minimum Gasteiger partial charge on any atom is -0.497 e. The molecule has 0 amide bonds. The molecule has 0 aliphatic rings. The van der Waals surface area contributed by atoms with Crippen LogP contribution in [-0.2, 0) is 0 Å². The van der Waals surface area contributed by atoms with Crippen molar-refractivity contribution in [2.75, 3.05) is 14.2 Å². The molecule has 2 heteroatoms. The summed E-state index contributed by atoms with van der Waals surface area (Å²) in [6.07, 6.45) is 0. The molecule has 3 aromatic rings. The topological polar surface area (TPSA) is 18.5 Å². The largest absolute Gasteiger partial charge is 0.497 e. The summed E-state index contributed by atoms with van der Waals surface area (Å²) in [5.74, 6) is 1.72. The van der Waals surface area contributed by atoms with Crippen LogP contribution >= 0.6 is 0 Å². The molecule has 0 radical (unpaired) electrons. The molecule has 0 heterocycles. The molecule has 0 spiro atoms. The number of ether oxygens (including phenoxy) is 2. The van der Waals surface area contributed by atoms with E-state index in [1.807, 2.05) is 36.4 Å². The van der Waals surface area contributed by atoms with Gasteiger partial charge in [-0.2, -0.15) is 0 Å². The Morgan fingerprint density at radius 1 is 0.545 bits per heavy atom. The molecule has 0 N–H and O–H groups in total. The minimum absolute atomic E-state index is 0.858. The summed E-state index contributed by atoms with van der Waals surface area (Å²) in [5.41, 5.74) is 4.66. The molecular formula is C20H18O2. The maximum atomic E-state index is 5.38. The molecular weight excluding hydrogens is 272 g/mol. The lowest BCUT2D eigenvalue weighted by Gasteiger charge is -2.12. The Bertz CT molecular complexity index is 746. The number of methoxy groups -OCH3 is 2. The van der Waals surface area contributed by atoms with Crippen LogP contribution in [-0.4, -0.2) is 14.2 Å². The molecule has 110 valence electrons. The fraction of sp³-hybridized carbons (Fsp3) is 0.100. The highest BCUT2D eigenvalue weighted by molar-refractivity contribution is 5.84. The zero-order valence-corrected chi connectivity index (χ0v) is 12.7. The van der Waals surface area contributed by atoms with Gasteiger partial charge in [0.25, 0.3) is 0 Å². The number of rotatable bonds is 4. The molecule has 22 heavy (non-hydrogen) atoms. The zero-order chi connectivity index (χ0) is 15.4. The minimum atomic E-state index is 0.858. The van der Waals surface area contributed by atoms with Gasteiger partial charge in [0.05, 0.1) is 14.2 Å². The molecule has 3 rings (SSSR count). The third kappa shape index (κ3) is 2.82. The molecule has 3 aromatic carbocycles. The molecule has 2 nitrogen and oxygen atoms in total. The van der Waals surface area contributed by atoms with Gasteiger partial charge < -0.3 is 9.47 Å². The van der Waals surface area contributed by atoms with Crippen LogP contribution in [0.2, 0.25) is 0 Å². The van der Waals surface area contributed by atoms with E-state index in [1.165, 1.54) is 11.1 Å². The van der Waals surface area contributed by atoms with Crippen LogP contribution in [0.25, 0.3) is 22.3 Å². The summed E-state index contributed by atoms with van der Waals surface area (Å²) in [5, 5.41) is 0. The Balaban J connectivity index is 2.14. The smallest absolute Gasteiger partial charge is 0.119 e. The Morgan fingerprint density at radius 2 is 1.14 bits per heavy atom. The second kappa shape index (κ2) is 6.35. The highest BCUT2D eigenvalue weighted by Crippen LogP contribution is 2.35. The number of hydrogen-bond acceptors (Lipinski definition) is 2. The summed E-state index contributed by atoms with van der Waals surface area (Å²) in [4.78, 5) is 0. The molecule has 0 aliphatic heterocycles. The first-order valence-corrected chi connectivity index (χ1v) is 7.19. The summed E-state index contributed by atoms with van der Waals surface area (Å²) >= 11 is 0. The first-order chi connectivity index (χ1) is 10.8. The fourth-order valence-electron chi connectivity index (χ4n) is 2.53. The van der Waals surface area contributed by atoms with Gasteiger partial charge in [-0.1, -0.05) is 48.5 Å². The number of hydrogen-bond donors (Lipinski definition) is 0. The van der Waals surface area contributed by atoms with E-state index < -0.39 is 0 Å². The van der Waals surface area contributed by atoms with Crippen molar-refractivity contribution in [3.8, 4) is 33.8 Å². The SMILES string of the molecule is COc1ccc(-c2ccc(OC)cc2-c2ccccc2)cc1. The normalized spacial score (nSPS) is 10.3. The van der Waals surface area contributed by atoms with E-state index in [0.717, 1.165) is 22.6 Å². The Hall–Kier alpha value is -2.74. The van der Waals surface area contributed by atoms with E-state index >= 15 is 0 Å². The van der Waals surface area contributed by atoms with Crippen LogP contribution in [0.5, 0.6) is 11.5 Å². The lowest BCUT2D eigenvalue weighted by Crippen LogP contribution is -1.89. The van der Waals surface area contributed by atoms with E-state index in [2.05, 4.69) is 36.4 Å². The molecule has 0 aromatic heterocycles. The predicted molar refractivity (Wildman–Crippen MR) is 90.4 cm³/mol. The monoisotopic (exact) mass is 290 g/mol. The first-order valence-electron chi connectivity index (χ1n) is 7.19. The molecule has 0 saturated heterocycles. The van der Waals surface area contributed by atoms with E-state index in [-0.39, 0.29) is 0 Å². The van der Waals surface area contributed by atoms with Crippen LogP contribution in [0.4, 0.5) is 0 Å². The van der Waals surface area contributed by atoms with E-state index in [9.17, 15) is 0 Å². The van der Waals surface area contributed by atoms with Crippen LogP contribution in [0.1, 0.15) is 0 Å². The van der Waals surface area contributed by atoms with E-state index in [4.69, 9.17) is 9.47 Å². The van der Waals surface area contributed by atoms with Gasteiger partial charge in [0.15, 0.2) is 0 Å². The Labute approximate surface area is 131 Å². The molecule has 0 fully saturated rings. The van der Waals surface area contributed by atoms with E-state index in [0.29, 0.717) is 0 Å². The van der Waals surface area contributed by atoms with Gasteiger partial charge in [0, 0.05) is 0 Å². The zero-order valence-electron chi connectivity index (χ0n) is 12.7. The maximum Gasteiger partial charge on any atom is 0.119 e. The lowest BCUT2D eigenvalue weighted by molar-refractivity contribution is 0.414. The van der Waals surface area contributed by atoms with Crippen molar-refractivity contribution in [2.24, 2.45) is 0 Å². The molecule has 0 atom stereocenters. The van der Waals surface area contributed by atoms with Gasteiger partial charge in [0.2, 0.25) is 0 Å². The lowest BCUT2D eigenvalue weighted by atomic mass is 9.94. The van der Waals surface area contributed by atoms with Crippen molar-refractivity contribution in [1.29, 1.82) is 0 Å². The van der Waals surface area contributed by atoms with Crippen molar-refractivity contribution >= 4 is 0 Å². The molecule has 0 saturated carbocycles. The average Bonchev–Trinajstić information content (AvgIpc) is 2.62. The first kappa shape index (κ1) is 14.2. The van der Waals surface area contributed by atoms with Crippen molar-refractivity contribution in [2.45, 2.75) is 0 Å². The average molecular weight is 290 g/mol. The Morgan fingerprint density at radius 3 is 1.77 bits per heavy atom. The van der Waals surface area contributed by atoms with Crippen molar-refractivity contribution in [1.82, 2.24) is 0 Å². The molecule has 0 unspecified atom stereocenters. The van der Waals surface area contributed by atoms with Gasteiger partial charge in [0.1, 0.15) is 11.5 Å². The predicted octanol–water partition coefficient (Wildman–Crippen LogP) is 5.04. The van der Waals surface area contributed by atoms with Crippen LogP contribution < -0.4 is 9.47 Å². The third-order valence-electron chi connectivity index (χ3n) is 3.71. The quantitative estimate of drug-likeness (QED) is 0.670. The van der Waals surface area contributed by atoms with Crippen LogP contribution in [0.3, 0.4) is 0 Å². The highest BCUT2D eigenvalue weighted by Gasteiger charge is 2.09. The second-order valence-corrected chi connectivity index (χ2v) is 5.01. The Kier molecular flexibility index (Phi) is 4.10. The summed E-state index contributed by atoms with van der Waals surface area (Å²) in [6, 6.07) is 24.6. The van der Waals surface area contributed by atoms with Crippen LogP contribution in [0, 0.1) is 0 Å². The summed E-state index contributed by atoms with van der Waals surface area (Å²) in [7, 11) is 3.37. The second-order valence-electron chi connectivity index (χ2n) is 5.01. The number of benzene rings is 3. The van der Waals surface area contributed by atoms with Gasteiger partial charge in [-0.3, -0.25) is 0 Å². The standard InChI is InChI=1S/C20H18O2/c1-21-17-10-8-16(9-11-17)19-13-12-18(22-2)14-20(19)15-6-4-3-5-7-15/h3-14H,1-2H3. The van der Waals surface area contributed by atoms with Crippen molar-refractivity contribution in [3.05, 3.63) is 72.8 Å². The third-order valence-corrected chi connectivity index (χ3v) is 3.71. The summed E-state index contributed by atoms with van der Waals surface area (Å²) in [6.45, 7) is 0. The van der Waals surface area contributed by atoms with Crippen molar-refractivity contribution < 1.29 is 9.47 Å². The van der Waals surface area contributed by atoms with Gasteiger partial charge in [-0.15, -0.1) is 0 Å². The molecule has 0 bridgehead atoms. The maximum absolute atomic E-state index is 5.38. The fourth-order valence-corrected chi connectivity index (χ4v) is 2.53. The van der Waals surface area contributed by atoms with Gasteiger partial charge in [-0.25, -0.2) is 0 Å².